The summed E-state index contributed by atoms with van der Waals surface area (Å²) in [4.78, 5) is 25.0. The predicted molar refractivity (Wildman–Crippen MR) is 99.5 cm³/mol. The number of hydrogen-bond donors (Lipinski definition) is 3. The zero-order chi connectivity index (χ0) is 19.0. The van der Waals surface area contributed by atoms with E-state index in [0.29, 0.717) is 22.6 Å². The van der Waals surface area contributed by atoms with Crippen molar-refractivity contribution in [2.24, 2.45) is 5.73 Å². The minimum absolute atomic E-state index is 0.0557. The molecule has 7 nitrogen and oxygen atoms in total. The van der Waals surface area contributed by atoms with Crippen LogP contribution in [-0.2, 0) is 0 Å². The zero-order valence-electron chi connectivity index (χ0n) is 14.7. The van der Waals surface area contributed by atoms with Crippen LogP contribution in [0.4, 0.5) is 5.69 Å². The molecule has 7 heteroatoms. The third-order valence-corrected chi connectivity index (χ3v) is 4.00. The van der Waals surface area contributed by atoms with Crippen molar-refractivity contribution in [3.8, 4) is 28.4 Å². The van der Waals surface area contributed by atoms with Crippen molar-refractivity contribution in [1.82, 2.24) is 15.0 Å². The standard InChI is InChI=1S/C19H19N5O2/c1-9-4-5-13(25)8-14(9)16-15(20)17(18(21)26)24-19(23-16)12-6-10(2)22-11(3)7-12/h4-8,25H,20H2,1-3H3,(H2,21,26). The van der Waals surface area contributed by atoms with E-state index in [-0.39, 0.29) is 17.1 Å². The van der Waals surface area contributed by atoms with E-state index in [1.165, 1.54) is 0 Å². The number of hydrogen-bond acceptors (Lipinski definition) is 6. The number of rotatable bonds is 3. The van der Waals surface area contributed by atoms with Crippen LogP contribution in [-0.4, -0.2) is 26.0 Å². The van der Waals surface area contributed by atoms with Gasteiger partial charge >= 0.3 is 0 Å². The predicted octanol–water partition coefficient (Wildman–Crippen LogP) is 2.52. The maximum absolute atomic E-state index is 11.9. The molecule has 0 saturated heterocycles. The number of phenols is 1. The SMILES string of the molecule is Cc1cc(-c2nc(C(N)=O)c(N)c(-c3cc(O)ccc3C)n2)cc(C)n1. The van der Waals surface area contributed by atoms with Gasteiger partial charge in [-0.2, -0.15) is 0 Å². The van der Waals surface area contributed by atoms with Gasteiger partial charge < -0.3 is 16.6 Å². The van der Waals surface area contributed by atoms with Crippen LogP contribution in [0.2, 0.25) is 0 Å². The van der Waals surface area contributed by atoms with Crippen molar-refractivity contribution < 1.29 is 9.90 Å². The number of primary amides is 1. The Balaban J connectivity index is 2.33. The number of nitrogens with two attached hydrogens (primary N) is 2. The highest BCUT2D eigenvalue weighted by molar-refractivity contribution is 5.99. The quantitative estimate of drug-likeness (QED) is 0.666. The Kier molecular flexibility index (Phi) is 4.29. The molecule has 0 aliphatic heterocycles. The van der Waals surface area contributed by atoms with Gasteiger partial charge in [-0.25, -0.2) is 9.97 Å². The summed E-state index contributed by atoms with van der Waals surface area (Å²) in [6, 6.07) is 8.51. The fourth-order valence-electron chi connectivity index (χ4n) is 2.82. The Hall–Kier alpha value is -3.48. The molecule has 3 aromatic rings. The Bertz CT molecular complexity index is 1010. The smallest absolute Gasteiger partial charge is 0.269 e. The van der Waals surface area contributed by atoms with Crippen LogP contribution < -0.4 is 11.5 Å². The minimum Gasteiger partial charge on any atom is -0.508 e. The lowest BCUT2D eigenvalue weighted by Crippen LogP contribution is -2.18. The van der Waals surface area contributed by atoms with Crippen LogP contribution >= 0.6 is 0 Å². The number of carbonyl (C=O) groups is 1. The van der Waals surface area contributed by atoms with E-state index < -0.39 is 5.91 Å². The first kappa shape index (κ1) is 17.3. The van der Waals surface area contributed by atoms with Crippen molar-refractivity contribution in [3.05, 3.63) is 53.0 Å². The van der Waals surface area contributed by atoms with Crippen molar-refractivity contribution in [2.45, 2.75) is 20.8 Å². The molecule has 0 atom stereocenters. The summed E-state index contributed by atoms with van der Waals surface area (Å²) in [5, 5.41) is 9.84. The maximum atomic E-state index is 11.9. The Morgan fingerprint density at radius 1 is 1.00 bits per heavy atom. The average Bonchev–Trinajstić information content (AvgIpc) is 2.56. The number of amides is 1. The number of nitrogen functional groups attached to an aromatic ring is 1. The van der Waals surface area contributed by atoms with E-state index in [2.05, 4.69) is 15.0 Å². The number of benzene rings is 1. The molecule has 132 valence electrons. The molecule has 0 bridgehead atoms. The van der Waals surface area contributed by atoms with E-state index in [9.17, 15) is 9.90 Å². The highest BCUT2D eigenvalue weighted by Gasteiger charge is 2.19. The van der Waals surface area contributed by atoms with Gasteiger partial charge in [0.05, 0.1) is 11.4 Å². The molecule has 3 rings (SSSR count). The molecule has 0 saturated carbocycles. The lowest BCUT2D eigenvalue weighted by atomic mass is 10.0. The molecule has 2 aromatic heterocycles. The number of anilines is 1. The van der Waals surface area contributed by atoms with Crippen LogP contribution in [0.3, 0.4) is 0 Å². The number of nitrogens with zero attached hydrogens (tertiary/aromatic N) is 3. The van der Waals surface area contributed by atoms with E-state index in [1.807, 2.05) is 32.9 Å². The largest absolute Gasteiger partial charge is 0.508 e. The molecule has 0 radical (unpaired) electrons. The summed E-state index contributed by atoms with van der Waals surface area (Å²) in [6.07, 6.45) is 0. The first-order valence-electron chi connectivity index (χ1n) is 7.99. The molecule has 1 aromatic carbocycles. The maximum Gasteiger partial charge on any atom is 0.269 e. The second-order valence-corrected chi connectivity index (χ2v) is 6.16. The lowest BCUT2D eigenvalue weighted by Gasteiger charge is -2.13. The summed E-state index contributed by atoms with van der Waals surface area (Å²) < 4.78 is 0. The summed E-state index contributed by atoms with van der Waals surface area (Å²) in [6.45, 7) is 5.59. The third-order valence-electron chi connectivity index (χ3n) is 4.00. The third kappa shape index (κ3) is 3.19. The van der Waals surface area contributed by atoms with Gasteiger partial charge in [-0.05, 0) is 50.6 Å². The van der Waals surface area contributed by atoms with Gasteiger partial charge in [0, 0.05) is 22.5 Å². The number of phenolic OH excluding ortho intramolecular Hbond substituents is 1. The van der Waals surface area contributed by atoms with Crippen LogP contribution in [0.1, 0.15) is 27.4 Å². The highest BCUT2D eigenvalue weighted by atomic mass is 16.3. The first-order chi connectivity index (χ1) is 12.3. The molecule has 0 aliphatic carbocycles. The normalized spacial score (nSPS) is 10.7. The monoisotopic (exact) mass is 349 g/mol. The first-order valence-corrected chi connectivity index (χ1v) is 7.99. The molecular weight excluding hydrogens is 330 g/mol. The van der Waals surface area contributed by atoms with Gasteiger partial charge in [0.15, 0.2) is 11.5 Å². The second-order valence-electron chi connectivity index (χ2n) is 6.16. The van der Waals surface area contributed by atoms with Gasteiger partial charge in [0.2, 0.25) is 0 Å². The van der Waals surface area contributed by atoms with Crippen molar-refractivity contribution >= 4 is 11.6 Å². The van der Waals surface area contributed by atoms with Gasteiger partial charge in [-0.3, -0.25) is 9.78 Å². The lowest BCUT2D eigenvalue weighted by molar-refractivity contribution is 0.0996. The number of pyridine rings is 1. The average molecular weight is 349 g/mol. The fraction of sp³-hybridized carbons (Fsp3) is 0.158. The molecule has 0 aliphatic rings. The molecule has 0 unspecified atom stereocenters. The van der Waals surface area contributed by atoms with Crippen LogP contribution in [0.25, 0.3) is 22.6 Å². The van der Waals surface area contributed by atoms with E-state index in [4.69, 9.17) is 11.5 Å². The van der Waals surface area contributed by atoms with Crippen molar-refractivity contribution in [1.29, 1.82) is 0 Å². The second kappa shape index (κ2) is 6.44. The van der Waals surface area contributed by atoms with Gasteiger partial charge in [-0.15, -0.1) is 0 Å². The summed E-state index contributed by atoms with van der Waals surface area (Å²) in [7, 11) is 0. The van der Waals surface area contributed by atoms with Gasteiger partial charge in [-0.1, -0.05) is 6.07 Å². The van der Waals surface area contributed by atoms with Crippen molar-refractivity contribution in [3.63, 3.8) is 0 Å². The molecule has 2 heterocycles. The van der Waals surface area contributed by atoms with E-state index in [1.54, 1.807) is 18.2 Å². The number of aromatic hydroxyl groups is 1. The molecule has 5 N–H and O–H groups in total. The Morgan fingerprint density at radius 2 is 1.65 bits per heavy atom. The topological polar surface area (TPSA) is 128 Å². The van der Waals surface area contributed by atoms with Crippen LogP contribution in [0.5, 0.6) is 5.75 Å². The minimum atomic E-state index is -0.743. The highest BCUT2D eigenvalue weighted by Crippen LogP contribution is 2.33. The zero-order valence-corrected chi connectivity index (χ0v) is 14.7. The number of carbonyl (C=O) groups excluding carboxylic acids is 1. The number of aryl methyl sites for hydroxylation is 3. The summed E-state index contributed by atoms with van der Waals surface area (Å²) in [5.41, 5.74) is 15.7. The van der Waals surface area contributed by atoms with Crippen LogP contribution in [0.15, 0.2) is 30.3 Å². The molecule has 0 spiro atoms. The molecule has 0 fully saturated rings. The van der Waals surface area contributed by atoms with Crippen LogP contribution in [0, 0.1) is 20.8 Å². The Labute approximate surface area is 150 Å². The van der Waals surface area contributed by atoms with E-state index >= 15 is 0 Å². The van der Waals surface area contributed by atoms with E-state index in [0.717, 1.165) is 17.0 Å². The molecule has 26 heavy (non-hydrogen) atoms. The molecular formula is C19H19N5O2. The fourth-order valence-corrected chi connectivity index (χ4v) is 2.82. The Morgan fingerprint density at radius 3 is 2.27 bits per heavy atom. The van der Waals surface area contributed by atoms with Gasteiger partial charge in [0.25, 0.3) is 5.91 Å². The summed E-state index contributed by atoms with van der Waals surface area (Å²) >= 11 is 0. The van der Waals surface area contributed by atoms with Crippen molar-refractivity contribution in [2.75, 3.05) is 5.73 Å². The summed E-state index contributed by atoms with van der Waals surface area (Å²) in [5.74, 6) is -0.353. The number of aromatic nitrogens is 3. The molecule has 1 amide bonds. The van der Waals surface area contributed by atoms with Gasteiger partial charge in [0.1, 0.15) is 5.75 Å².